The van der Waals surface area contributed by atoms with Crippen LogP contribution < -0.4 is 135 Å². The first-order valence-corrected chi connectivity index (χ1v) is 29.7. The molecule has 546 valence electrons. The van der Waals surface area contributed by atoms with Gasteiger partial charge in [-0.05, 0) is 103 Å². The van der Waals surface area contributed by atoms with Gasteiger partial charge in [-0.15, -0.1) is 0 Å². The molecule has 0 fully saturated rings. The summed E-state index contributed by atoms with van der Waals surface area (Å²) in [5.41, 5.74) is 94.1. The fourth-order valence-corrected chi connectivity index (χ4v) is 7.96. The summed E-state index contributed by atoms with van der Waals surface area (Å²) in [7, 11) is 0. The molecule has 8 atom stereocenters. The van der Waals surface area contributed by atoms with Crippen molar-refractivity contribution in [3.63, 3.8) is 0 Å². The minimum Gasteiger partial charge on any atom is -0.480 e. The van der Waals surface area contributed by atoms with Gasteiger partial charge in [-0.2, -0.15) is 13.2 Å². The van der Waals surface area contributed by atoms with Crippen LogP contribution in [0.2, 0.25) is 0 Å². The molecule has 0 aromatic heterocycles. The van der Waals surface area contributed by atoms with E-state index in [9.17, 15) is 56.6 Å². The standard InChI is InChI=1S/C48H98N32O9.C2HF3O2/c49-25(9-1-17-66-41(50)51)33(81)74-26(10-2-18-67-42(52)53)34(82)75-27(11-3-19-68-43(54)55)35(83)76-28(12-4-20-69-44(56)57)36(84)77-29(13-5-21-70-45(58)59)37(85)78-30(14-6-22-71-46(60)61)38(86)79-31(15-7-23-72-47(62)63)39(87)80-32(40(88)89)16-8-24-73-48(64)65;3-2(4,5)1(6)7/h25-32H,1-24,49H2,(H,74,81)(H,75,82)(H,76,83)(H,77,84)(H,78,85)(H,79,86)(H,80,87)(H,88,89)(H4,50,51,66)(H4,52,53,67)(H4,54,55,68)(H4,56,57,69)(H4,58,59,70)(H4,60,61,71)(H4,62,63,72)(H4,64,65,73);(H,6,7)/t25-,26-,27-,28?,29-,30-,31-,32-;/m0./s1. The third kappa shape index (κ3) is 45.4. The predicted octanol–water partition coefficient (Wildman–Crippen LogP) is -11.1. The average Bonchev–Trinajstić information content (AvgIpc) is 1.000. The molecule has 0 aromatic rings. The molecule has 46 heteroatoms. The molecule has 0 aromatic carbocycles. The zero-order chi connectivity index (χ0) is 73.5. The number of halogens is 3. The molecule has 0 radical (unpaired) electrons. The fraction of sp³-hybridized carbons (Fsp3) is 0.660. The Morgan fingerprint density at radius 1 is 0.281 bits per heavy atom. The maximum atomic E-state index is 14.6. The zero-order valence-electron chi connectivity index (χ0n) is 53.2. The van der Waals surface area contributed by atoms with Crippen LogP contribution in [0.25, 0.3) is 0 Å². The fourth-order valence-electron chi connectivity index (χ4n) is 7.96. The van der Waals surface area contributed by atoms with E-state index < -0.39 is 108 Å². The Hall–Kier alpha value is -10.9. The van der Waals surface area contributed by atoms with Crippen LogP contribution in [0.15, 0.2) is 39.9 Å². The molecule has 0 aliphatic carbocycles. The van der Waals surface area contributed by atoms with Crippen LogP contribution in [-0.2, 0) is 43.2 Å². The van der Waals surface area contributed by atoms with Crippen molar-refractivity contribution in [1.29, 1.82) is 0 Å². The van der Waals surface area contributed by atoms with Crippen molar-refractivity contribution in [2.24, 2.45) is 137 Å². The molecular formula is C50H99F3N32O11. The summed E-state index contributed by atoms with van der Waals surface area (Å²) in [4.78, 5) is 152. The summed E-state index contributed by atoms with van der Waals surface area (Å²) in [6.07, 6.45) is -4.99. The van der Waals surface area contributed by atoms with Gasteiger partial charge in [-0.1, -0.05) is 0 Å². The summed E-state index contributed by atoms with van der Waals surface area (Å²) in [5.74, 6) is -12.4. The molecule has 7 amide bonds. The lowest BCUT2D eigenvalue weighted by Gasteiger charge is -2.28. The molecule has 0 saturated heterocycles. The van der Waals surface area contributed by atoms with Gasteiger partial charge in [0.15, 0.2) is 47.7 Å². The monoisotopic (exact) mass is 1380 g/mol. The summed E-state index contributed by atoms with van der Waals surface area (Å²) in [6, 6.07) is -11.3. The van der Waals surface area contributed by atoms with Gasteiger partial charge in [0.2, 0.25) is 41.4 Å². The smallest absolute Gasteiger partial charge is 0.480 e. The number of guanidine groups is 8. The van der Waals surface area contributed by atoms with Crippen molar-refractivity contribution in [1.82, 2.24) is 37.2 Å². The first-order chi connectivity index (χ1) is 44.9. The van der Waals surface area contributed by atoms with Gasteiger partial charge in [-0.3, -0.25) is 73.5 Å². The molecule has 0 aliphatic heterocycles. The summed E-state index contributed by atoms with van der Waals surface area (Å²) in [5, 5.41) is 35.3. The molecule has 43 N–H and O–H groups in total. The average molecular weight is 1380 g/mol. The van der Waals surface area contributed by atoms with Crippen LogP contribution in [-0.4, -0.2) is 218 Å². The minimum atomic E-state index is -5.08. The van der Waals surface area contributed by atoms with E-state index in [2.05, 4.69) is 77.2 Å². The molecular weight excluding hydrogens is 1280 g/mol. The van der Waals surface area contributed by atoms with E-state index in [4.69, 9.17) is 107 Å². The number of hydrogen-bond donors (Lipinski definition) is 26. The maximum absolute atomic E-state index is 14.6. The highest BCUT2D eigenvalue weighted by Gasteiger charge is 2.38. The molecule has 96 heavy (non-hydrogen) atoms. The Kier molecular flexibility index (Phi) is 44.4. The van der Waals surface area contributed by atoms with Gasteiger partial charge in [0.25, 0.3) is 0 Å². The number of amides is 7. The zero-order valence-corrected chi connectivity index (χ0v) is 53.2. The van der Waals surface area contributed by atoms with Crippen molar-refractivity contribution in [3.8, 4) is 0 Å². The quantitative estimate of drug-likeness (QED) is 0.0153. The number of hydrogen-bond acceptors (Lipinski definition) is 18. The Labute approximate surface area is 550 Å². The largest absolute Gasteiger partial charge is 0.490 e. The van der Waals surface area contributed by atoms with Crippen LogP contribution in [0.3, 0.4) is 0 Å². The van der Waals surface area contributed by atoms with Gasteiger partial charge in [0.05, 0.1) is 6.04 Å². The Bertz CT molecular complexity index is 2700. The summed E-state index contributed by atoms with van der Waals surface area (Å²) >= 11 is 0. The lowest BCUT2D eigenvalue weighted by atomic mass is 10.0. The minimum absolute atomic E-state index is 0.00317. The van der Waals surface area contributed by atoms with Crippen LogP contribution in [0.4, 0.5) is 13.2 Å². The van der Waals surface area contributed by atoms with E-state index in [1.807, 2.05) is 0 Å². The van der Waals surface area contributed by atoms with Gasteiger partial charge < -0.3 is 145 Å². The van der Waals surface area contributed by atoms with E-state index in [0.29, 0.717) is 6.42 Å². The van der Waals surface area contributed by atoms with Crippen molar-refractivity contribution >= 4 is 101 Å². The van der Waals surface area contributed by atoms with Gasteiger partial charge >= 0.3 is 18.1 Å². The Morgan fingerprint density at radius 3 is 0.583 bits per heavy atom. The summed E-state index contributed by atoms with van der Waals surface area (Å²) < 4.78 is 31.7. The van der Waals surface area contributed by atoms with Gasteiger partial charge in [0.1, 0.15) is 42.3 Å². The third-order valence-corrected chi connectivity index (χ3v) is 12.6. The molecule has 0 spiro atoms. The first-order valence-electron chi connectivity index (χ1n) is 29.7. The van der Waals surface area contributed by atoms with Crippen LogP contribution in [0.5, 0.6) is 0 Å². The highest BCUT2D eigenvalue weighted by molar-refractivity contribution is 5.98. The SMILES string of the molecule is NC(N)=NCCCC(NC(=O)[C@H](CCCN=C(N)N)NC(=O)[C@H](CCCN=C(N)N)NC(=O)[C@@H](N)CCCN=C(N)N)C(=O)N[C@@H](CCCN=C(N)N)C(=O)N[C@@H](CCCN=C(N)N)C(=O)N[C@@H](CCCN=C(N)N)C(=O)N[C@@H](CCCN=C(N)N)C(=O)O.O=C(O)C(F)(F)F. The summed E-state index contributed by atoms with van der Waals surface area (Å²) in [6.45, 7) is 0.134. The highest BCUT2D eigenvalue weighted by atomic mass is 19.4. The van der Waals surface area contributed by atoms with Gasteiger partial charge in [-0.25, -0.2) is 9.59 Å². The number of rotatable bonds is 47. The topological polar surface area (TPSA) is 820 Å². The second kappa shape index (κ2) is 48.8. The van der Waals surface area contributed by atoms with E-state index in [1.165, 1.54) is 0 Å². The number of carbonyl (C=O) groups is 9. The lowest BCUT2D eigenvalue weighted by molar-refractivity contribution is -0.192. The Morgan fingerprint density at radius 2 is 0.427 bits per heavy atom. The third-order valence-electron chi connectivity index (χ3n) is 12.6. The van der Waals surface area contributed by atoms with Crippen molar-refractivity contribution in [2.45, 2.75) is 157 Å². The molecule has 0 heterocycles. The molecule has 0 bridgehead atoms. The van der Waals surface area contributed by atoms with E-state index in [0.717, 1.165) is 0 Å². The number of nitrogens with zero attached hydrogens (tertiary/aromatic N) is 8. The van der Waals surface area contributed by atoms with Gasteiger partial charge in [0, 0.05) is 52.4 Å². The van der Waals surface area contributed by atoms with Crippen LogP contribution in [0.1, 0.15) is 103 Å². The molecule has 0 rings (SSSR count). The highest BCUT2D eigenvalue weighted by Crippen LogP contribution is 2.14. The van der Waals surface area contributed by atoms with Crippen molar-refractivity contribution in [2.75, 3.05) is 52.4 Å². The van der Waals surface area contributed by atoms with Crippen molar-refractivity contribution < 1.29 is 66.5 Å². The number of carboxylic acids is 2. The number of aliphatic imine (C=N–C) groups is 8. The van der Waals surface area contributed by atoms with E-state index in [1.54, 1.807) is 0 Å². The second-order valence-electron chi connectivity index (χ2n) is 20.8. The number of nitrogens with one attached hydrogen (secondary N) is 7. The lowest BCUT2D eigenvalue weighted by Crippen LogP contribution is -2.60. The number of nitrogens with two attached hydrogens (primary N) is 17. The molecule has 1 unspecified atom stereocenters. The number of aliphatic carboxylic acids is 2. The molecule has 0 saturated carbocycles. The van der Waals surface area contributed by atoms with Crippen LogP contribution in [0, 0.1) is 0 Å². The second-order valence-corrected chi connectivity index (χ2v) is 20.8. The molecule has 43 nitrogen and oxygen atoms in total. The van der Waals surface area contributed by atoms with E-state index in [-0.39, 0.29) is 196 Å². The van der Waals surface area contributed by atoms with Crippen molar-refractivity contribution in [3.05, 3.63) is 0 Å². The van der Waals surface area contributed by atoms with Crippen LogP contribution >= 0.6 is 0 Å². The predicted molar refractivity (Wildman–Crippen MR) is 352 cm³/mol. The number of alkyl halides is 3. The maximum Gasteiger partial charge on any atom is 0.490 e. The molecule has 0 aliphatic rings. The first kappa shape index (κ1) is 87.2. The number of carbonyl (C=O) groups excluding carboxylic acids is 7. The van der Waals surface area contributed by atoms with E-state index >= 15 is 0 Å². The normalized spacial score (nSPS) is 13.1. The number of carboxylic acid groups (broad SMARTS) is 2. The Balaban J connectivity index is 0.